The third kappa shape index (κ3) is 2.57. The average molecular weight is 259 g/mol. The SMILES string of the molecule is CC1SCC(c2nc(C=O)cs2)SC1C. The van der Waals surface area contributed by atoms with Gasteiger partial charge in [0, 0.05) is 21.6 Å². The number of carbonyl (C=O) groups is 1. The fourth-order valence-electron chi connectivity index (χ4n) is 1.42. The molecule has 1 aromatic rings. The first-order chi connectivity index (χ1) is 7.20. The zero-order valence-corrected chi connectivity index (χ0v) is 11.1. The summed E-state index contributed by atoms with van der Waals surface area (Å²) in [5, 5.41) is 4.80. The van der Waals surface area contributed by atoms with Crippen LogP contribution in [0.4, 0.5) is 0 Å². The van der Waals surface area contributed by atoms with E-state index in [2.05, 4.69) is 18.8 Å². The molecule has 1 aromatic heterocycles. The molecule has 1 fully saturated rings. The lowest BCUT2D eigenvalue weighted by Crippen LogP contribution is -2.21. The van der Waals surface area contributed by atoms with E-state index >= 15 is 0 Å². The Morgan fingerprint density at radius 2 is 2.27 bits per heavy atom. The van der Waals surface area contributed by atoms with Gasteiger partial charge in [0.05, 0.1) is 5.25 Å². The third-order valence-electron chi connectivity index (χ3n) is 2.49. The zero-order chi connectivity index (χ0) is 10.8. The maximum atomic E-state index is 10.6. The molecule has 0 bridgehead atoms. The van der Waals surface area contributed by atoms with Crippen LogP contribution in [0, 0.1) is 0 Å². The number of hydrogen-bond acceptors (Lipinski definition) is 5. The summed E-state index contributed by atoms with van der Waals surface area (Å²) in [6, 6.07) is 0. The molecule has 0 spiro atoms. The Morgan fingerprint density at radius 3 is 2.87 bits per heavy atom. The molecule has 3 atom stereocenters. The van der Waals surface area contributed by atoms with Crippen LogP contribution in [0.3, 0.4) is 0 Å². The Kier molecular flexibility index (Phi) is 3.74. The summed E-state index contributed by atoms with van der Waals surface area (Å²) in [7, 11) is 0. The predicted molar refractivity (Wildman–Crippen MR) is 69.2 cm³/mol. The van der Waals surface area contributed by atoms with Crippen molar-refractivity contribution in [3.63, 3.8) is 0 Å². The van der Waals surface area contributed by atoms with Crippen molar-refractivity contribution in [3.05, 3.63) is 16.1 Å². The van der Waals surface area contributed by atoms with Gasteiger partial charge in [-0.2, -0.15) is 11.8 Å². The lowest BCUT2D eigenvalue weighted by Gasteiger charge is -2.29. The second kappa shape index (κ2) is 4.89. The molecule has 0 aromatic carbocycles. The monoisotopic (exact) mass is 259 g/mol. The Bertz CT molecular complexity index is 352. The van der Waals surface area contributed by atoms with Gasteiger partial charge in [0.15, 0.2) is 6.29 Å². The lowest BCUT2D eigenvalue weighted by atomic mass is 10.4. The van der Waals surface area contributed by atoms with E-state index in [-0.39, 0.29) is 0 Å². The Labute approximate surface area is 102 Å². The Hall–Kier alpha value is -0.000000000000000111. The first-order valence-electron chi connectivity index (χ1n) is 4.88. The van der Waals surface area contributed by atoms with Crippen LogP contribution in [0.5, 0.6) is 0 Å². The van der Waals surface area contributed by atoms with Crippen molar-refractivity contribution in [1.82, 2.24) is 4.98 Å². The summed E-state index contributed by atoms with van der Waals surface area (Å²) in [5.74, 6) is 1.11. The highest BCUT2D eigenvalue weighted by atomic mass is 32.2. The molecule has 1 aliphatic rings. The van der Waals surface area contributed by atoms with E-state index in [1.165, 1.54) is 0 Å². The van der Waals surface area contributed by atoms with E-state index in [0.29, 0.717) is 16.2 Å². The number of carbonyl (C=O) groups excluding carboxylic acids is 1. The largest absolute Gasteiger partial charge is 0.296 e. The van der Waals surface area contributed by atoms with Crippen LogP contribution in [0.25, 0.3) is 0 Å². The van der Waals surface area contributed by atoms with Crippen LogP contribution in [-0.4, -0.2) is 27.5 Å². The predicted octanol–water partition coefficient (Wildman–Crippen LogP) is 3.25. The van der Waals surface area contributed by atoms with E-state index in [1.807, 2.05) is 28.9 Å². The molecule has 2 nitrogen and oxygen atoms in total. The van der Waals surface area contributed by atoms with Crippen molar-refractivity contribution in [2.75, 3.05) is 5.75 Å². The van der Waals surface area contributed by atoms with E-state index in [4.69, 9.17) is 0 Å². The van der Waals surface area contributed by atoms with Gasteiger partial charge in [-0.25, -0.2) is 4.98 Å². The minimum atomic E-state index is 0.472. The smallest absolute Gasteiger partial charge is 0.169 e. The standard InChI is InChI=1S/C10H13NOS3/c1-6-7(2)15-9(5-13-6)10-11-8(3-12)4-14-10/h3-4,6-7,9H,5H2,1-2H3. The molecule has 3 unspecified atom stereocenters. The number of aromatic nitrogens is 1. The van der Waals surface area contributed by atoms with Crippen molar-refractivity contribution >= 4 is 41.1 Å². The van der Waals surface area contributed by atoms with Gasteiger partial charge in [0.25, 0.3) is 0 Å². The topological polar surface area (TPSA) is 30.0 Å². The first kappa shape index (κ1) is 11.5. The highest BCUT2D eigenvalue weighted by Crippen LogP contribution is 2.44. The molecule has 1 saturated heterocycles. The van der Waals surface area contributed by atoms with Crippen LogP contribution in [0.2, 0.25) is 0 Å². The molecular formula is C10H13NOS3. The normalized spacial score (nSPS) is 31.5. The zero-order valence-electron chi connectivity index (χ0n) is 8.67. The summed E-state index contributed by atoms with van der Waals surface area (Å²) in [5.41, 5.74) is 0.576. The molecule has 1 aliphatic heterocycles. The molecule has 5 heteroatoms. The van der Waals surface area contributed by atoms with Crippen LogP contribution in [0.1, 0.15) is 34.6 Å². The lowest BCUT2D eigenvalue weighted by molar-refractivity contribution is 0.111. The quantitative estimate of drug-likeness (QED) is 0.763. The van der Waals surface area contributed by atoms with Crippen LogP contribution in [0.15, 0.2) is 5.38 Å². The average Bonchev–Trinajstić information content (AvgIpc) is 2.70. The Balaban J connectivity index is 2.08. The number of nitrogens with zero attached hydrogens (tertiary/aromatic N) is 1. The number of aldehydes is 1. The highest BCUT2D eigenvalue weighted by Gasteiger charge is 2.28. The van der Waals surface area contributed by atoms with Gasteiger partial charge in [-0.3, -0.25) is 4.79 Å². The van der Waals surface area contributed by atoms with E-state index in [1.54, 1.807) is 11.3 Å². The van der Waals surface area contributed by atoms with Gasteiger partial charge in [-0.15, -0.1) is 23.1 Å². The minimum Gasteiger partial charge on any atom is -0.296 e. The molecule has 82 valence electrons. The highest BCUT2D eigenvalue weighted by molar-refractivity contribution is 8.07. The van der Waals surface area contributed by atoms with Gasteiger partial charge < -0.3 is 0 Å². The molecule has 0 saturated carbocycles. The van der Waals surface area contributed by atoms with Gasteiger partial charge in [0.1, 0.15) is 10.7 Å². The number of hydrogen-bond donors (Lipinski definition) is 0. The van der Waals surface area contributed by atoms with Gasteiger partial charge in [-0.1, -0.05) is 13.8 Å². The second-order valence-corrected chi connectivity index (χ2v) is 7.48. The molecular weight excluding hydrogens is 246 g/mol. The van der Waals surface area contributed by atoms with Crippen molar-refractivity contribution in [1.29, 1.82) is 0 Å². The molecule has 0 amide bonds. The maximum Gasteiger partial charge on any atom is 0.169 e. The van der Waals surface area contributed by atoms with Crippen LogP contribution >= 0.6 is 34.9 Å². The van der Waals surface area contributed by atoms with Crippen LogP contribution < -0.4 is 0 Å². The fourth-order valence-corrected chi connectivity index (χ4v) is 5.39. The first-order valence-corrected chi connectivity index (χ1v) is 7.75. The molecule has 0 aliphatic carbocycles. The van der Waals surface area contributed by atoms with Crippen molar-refractivity contribution in [2.24, 2.45) is 0 Å². The summed E-state index contributed by atoms with van der Waals surface area (Å²) < 4.78 is 0. The summed E-state index contributed by atoms with van der Waals surface area (Å²) in [4.78, 5) is 14.9. The number of thiazole rings is 1. The summed E-state index contributed by atoms with van der Waals surface area (Å²) in [6.45, 7) is 4.54. The molecule has 2 heterocycles. The van der Waals surface area contributed by atoms with Gasteiger partial charge >= 0.3 is 0 Å². The van der Waals surface area contributed by atoms with Gasteiger partial charge in [0.2, 0.25) is 0 Å². The third-order valence-corrected chi connectivity index (χ3v) is 7.01. The summed E-state index contributed by atoms with van der Waals surface area (Å²) >= 11 is 5.59. The fraction of sp³-hybridized carbons (Fsp3) is 0.600. The van der Waals surface area contributed by atoms with Crippen molar-refractivity contribution < 1.29 is 4.79 Å². The Morgan fingerprint density at radius 1 is 1.47 bits per heavy atom. The van der Waals surface area contributed by atoms with Crippen molar-refractivity contribution in [3.8, 4) is 0 Å². The number of rotatable bonds is 2. The maximum absolute atomic E-state index is 10.6. The van der Waals surface area contributed by atoms with E-state index in [9.17, 15) is 4.79 Å². The summed E-state index contributed by atoms with van der Waals surface area (Å²) in [6.07, 6.45) is 0.826. The molecule has 0 radical (unpaired) electrons. The minimum absolute atomic E-state index is 0.472. The van der Waals surface area contributed by atoms with Crippen LogP contribution in [-0.2, 0) is 0 Å². The van der Waals surface area contributed by atoms with E-state index < -0.39 is 0 Å². The second-order valence-electron chi connectivity index (χ2n) is 3.60. The van der Waals surface area contributed by atoms with Gasteiger partial charge in [-0.05, 0) is 0 Å². The van der Waals surface area contributed by atoms with E-state index in [0.717, 1.165) is 22.3 Å². The molecule has 15 heavy (non-hydrogen) atoms. The van der Waals surface area contributed by atoms with Crippen molar-refractivity contribution in [2.45, 2.75) is 29.6 Å². The molecule has 2 rings (SSSR count). The molecule has 0 N–H and O–H groups in total. The number of thioether (sulfide) groups is 2.